The van der Waals surface area contributed by atoms with Gasteiger partial charge in [0.1, 0.15) is 0 Å². The Labute approximate surface area is 77.6 Å². The molecule has 0 aromatic rings. The summed E-state index contributed by atoms with van der Waals surface area (Å²) in [4.78, 5) is 0. The van der Waals surface area contributed by atoms with E-state index >= 15 is 0 Å². The highest BCUT2D eigenvalue weighted by molar-refractivity contribution is 5.85. The molecule has 0 spiro atoms. The maximum atomic E-state index is 3.11. The maximum Gasteiger partial charge on any atom is -0.00775 e. The van der Waals surface area contributed by atoms with Crippen molar-refractivity contribution in [2.24, 2.45) is 0 Å². The molecule has 0 saturated heterocycles. The van der Waals surface area contributed by atoms with Crippen molar-refractivity contribution < 1.29 is 0 Å². The second-order valence-electron chi connectivity index (χ2n) is 1.91. The summed E-state index contributed by atoms with van der Waals surface area (Å²) in [6, 6.07) is 0. The molecule has 0 fully saturated rings. The molecule has 3 heteroatoms. The lowest BCUT2D eigenvalue weighted by Gasteiger charge is -1.86. The van der Waals surface area contributed by atoms with Gasteiger partial charge in [-0.3, -0.25) is 0 Å². The van der Waals surface area contributed by atoms with Gasteiger partial charge in [-0.05, 0) is 26.2 Å². The van der Waals surface area contributed by atoms with Crippen LogP contribution in [0.5, 0.6) is 0 Å². The Balaban J connectivity index is -0.000000107. The zero-order chi connectivity index (χ0) is 8.24. The zero-order valence-corrected chi connectivity index (χ0v) is 9.05. The third-order valence-corrected chi connectivity index (χ3v) is 1.000. The van der Waals surface area contributed by atoms with Crippen LogP contribution >= 0.6 is 12.4 Å². The quantitative estimate of drug-likeness (QED) is 0.691. The van der Waals surface area contributed by atoms with Crippen molar-refractivity contribution in [2.45, 2.75) is 27.7 Å². The first kappa shape index (κ1) is 17.3. The van der Waals surface area contributed by atoms with Crippen molar-refractivity contribution in [3.8, 4) is 0 Å². The molecule has 0 aliphatic rings. The Morgan fingerprint density at radius 1 is 0.636 bits per heavy atom. The molecule has 2 nitrogen and oxygen atoms in total. The van der Waals surface area contributed by atoms with Gasteiger partial charge in [0.05, 0.1) is 0 Å². The van der Waals surface area contributed by atoms with Crippen molar-refractivity contribution in [1.29, 1.82) is 0 Å². The highest BCUT2D eigenvalue weighted by Crippen LogP contribution is 1.48. The topological polar surface area (TPSA) is 24.1 Å². The predicted molar refractivity (Wildman–Crippen MR) is 55.7 cm³/mol. The van der Waals surface area contributed by atoms with Gasteiger partial charge in [-0.25, -0.2) is 0 Å². The highest BCUT2D eigenvalue weighted by atomic mass is 35.5. The van der Waals surface area contributed by atoms with Crippen molar-refractivity contribution in [3.05, 3.63) is 0 Å². The summed E-state index contributed by atoms with van der Waals surface area (Å²) in [5.74, 6) is 0. The summed E-state index contributed by atoms with van der Waals surface area (Å²) in [6.07, 6.45) is 0. The van der Waals surface area contributed by atoms with Crippen LogP contribution in [0.2, 0.25) is 0 Å². The molecule has 0 aliphatic heterocycles. The molecular weight excluding hydrogens is 160 g/mol. The molecule has 0 rings (SSSR count). The van der Waals surface area contributed by atoms with E-state index in [4.69, 9.17) is 0 Å². The average molecular weight is 183 g/mol. The molecule has 2 N–H and O–H groups in total. The molecule has 0 aliphatic carbocycles. The Kier molecular flexibility index (Phi) is 35.4. The fraction of sp³-hybridized carbons (Fsp3) is 1.00. The lowest BCUT2D eigenvalue weighted by Crippen LogP contribution is -2.09. The van der Waals surface area contributed by atoms with E-state index in [1.165, 1.54) is 0 Å². The van der Waals surface area contributed by atoms with Crippen LogP contribution in [0.1, 0.15) is 27.7 Å². The number of rotatable bonds is 4. The van der Waals surface area contributed by atoms with Crippen molar-refractivity contribution in [1.82, 2.24) is 10.6 Å². The standard InChI is InChI=1S/2C4H11N.ClH/c2*1-3-5-4-2;/h2*5H,3-4H2,1-2H3;1H. The van der Waals surface area contributed by atoms with E-state index < -0.39 is 0 Å². The fourth-order valence-corrected chi connectivity index (χ4v) is 0.500. The minimum absolute atomic E-state index is 0. The molecule has 0 aromatic carbocycles. The fourth-order valence-electron chi connectivity index (χ4n) is 0.500. The molecule has 11 heavy (non-hydrogen) atoms. The first-order chi connectivity index (χ1) is 4.83. The van der Waals surface area contributed by atoms with E-state index in [9.17, 15) is 0 Å². The number of hydrogen-bond acceptors (Lipinski definition) is 2. The number of halogens is 1. The van der Waals surface area contributed by atoms with Crippen molar-refractivity contribution in [2.75, 3.05) is 26.2 Å². The Morgan fingerprint density at radius 2 is 0.818 bits per heavy atom. The smallest absolute Gasteiger partial charge is 0.00775 e. The van der Waals surface area contributed by atoms with Crippen LogP contribution in [-0.4, -0.2) is 26.2 Å². The normalized spacial score (nSPS) is 7.64. The molecule has 0 amide bonds. The van der Waals surface area contributed by atoms with Gasteiger partial charge >= 0.3 is 0 Å². The molecule has 0 unspecified atom stereocenters. The summed E-state index contributed by atoms with van der Waals surface area (Å²) in [5, 5.41) is 6.22. The lowest BCUT2D eigenvalue weighted by molar-refractivity contribution is 0.762. The van der Waals surface area contributed by atoms with Gasteiger partial charge in [0.2, 0.25) is 0 Å². The van der Waals surface area contributed by atoms with Crippen molar-refractivity contribution in [3.63, 3.8) is 0 Å². The molecule has 72 valence electrons. The van der Waals surface area contributed by atoms with E-state index in [0.29, 0.717) is 0 Å². The summed E-state index contributed by atoms with van der Waals surface area (Å²) >= 11 is 0. The highest BCUT2D eigenvalue weighted by Gasteiger charge is 1.63. The van der Waals surface area contributed by atoms with Crippen LogP contribution < -0.4 is 10.6 Å². The number of nitrogens with one attached hydrogen (secondary N) is 2. The van der Waals surface area contributed by atoms with Crippen LogP contribution in [0.3, 0.4) is 0 Å². The summed E-state index contributed by atoms with van der Waals surface area (Å²) in [5.41, 5.74) is 0. The first-order valence-corrected chi connectivity index (χ1v) is 4.24. The molecule has 0 heterocycles. The Morgan fingerprint density at radius 3 is 0.818 bits per heavy atom. The zero-order valence-electron chi connectivity index (χ0n) is 8.24. The van der Waals surface area contributed by atoms with E-state index in [1.807, 2.05) is 0 Å². The predicted octanol–water partition coefficient (Wildman–Crippen LogP) is 1.65. The minimum Gasteiger partial charge on any atom is -0.317 e. The van der Waals surface area contributed by atoms with E-state index in [-0.39, 0.29) is 12.4 Å². The number of hydrogen-bond donors (Lipinski definition) is 2. The van der Waals surface area contributed by atoms with Crippen molar-refractivity contribution >= 4 is 12.4 Å². The summed E-state index contributed by atoms with van der Waals surface area (Å²) < 4.78 is 0. The van der Waals surface area contributed by atoms with Crippen LogP contribution in [-0.2, 0) is 0 Å². The van der Waals surface area contributed by atoms with Crippen LogP contribution in [0.4, 0.5) is 0 Å². The van der Waals surface area contributed by atoms with Gasteiger partial charge in [0.15, 0.2) is 0 Å². The van der Waals surface area contributed by atoms with Crippen LogP contribution in [0.25, 0.3) is 0 Å². The van der Waals surface area contributed by atoms with E-state index in [1.54, 1.807) is 0 Å². The Bertz CT molecular complexity index is 33.1. The van der Waals surface area contributed by atoms with Gasteiger partial charge in [-0.2, -0.15) is 0 Å². The molecule has 0 bridgehead atoms. The minimum atomic E-state index is 0. The second kappa shape index (κ2) is 22.5. The van der Waals surface area contributed by atoms with Gasteiger partial charge < -0.3 is 10.6 Å². The van der Waals surface area contributed by atoms with Crippen LogP contribution in [0.15, 0.2) is 0 Å². The summed E-state index contributed by atoms with van der Waals surface area (Å²) in [7, 11) is 0. The van der Waals surface area contributed by atoms with Gasteiger partial charge in [-0.1, -0.05) is 27.7 Å². The molecule has 0 saturated carbocycles. The molecular formula is C8H23ClN2. The van der Waals surface area contributed by atoms with Gasteiger partial charge in [0, 0.05) is 0 Å². The monoisotopic (exact) mass is 182 g/mol. The first-order valence-electron chi connectivity index (χ1n) is 4.24. The van der Waals surface area contributed by atoms with Crippen LogP contribution in [0, 0.1) is 0 Å². The van der Waals surface area contributed by atoms with Gasteiger partial charge in [-0.15, -0.1) is 12.4 Å². The molecule has 0 radical (unpaired) electrons. The third kappa shape index (κ3) is 38.8. The Hall–Kier alpha value is 0.210. The molecule has 0 aromatic heterocycles. The van der Waals surface area contributed by atoms with Gasteiger partial charge in [0.25, 0.3) is 0 Å². The molecule has 0 atom stereocenters. The average Bonchev–Trinajstić information content (AvgIpc) is 1.93. The maximum absolute atomic E-state index is 3.11. The second-order valence-corrected chi connectivity index (χ2v) is 1.91. The lowest BCUT2D eigenvalue weighted by atomic mass is 10.7. The third-order valence-electron chi connectivity index (χ3n) is 1.000. The van der Waals surface area contributed by atoms with E-state index in [2.05, 4.69) is 38.3 Å². The SMILES string of the molecule is CCNCC.CCNCC.Cl. The largest absolute Gasteiger partial charge is 0.317 e. The summed E-state index contributed by atoms with van der Waals surface area (Å²) in [6.45, 7) is 12.8. The van der Waals surface area contributed by atoms with E-state index in [0.717, 1.165) is 26.2 Å².